The van der Waals surface area contributed by atoms with Crippen LogP contribution in [0.5, 0.6) is 0 Å². The van der Waals surface area contributed by atoms with Gasteiger partial charge in [0.1, 0.15) is 0 Å². The fourth-order valence-corrected chi connectivity index (χ4v) is 1.98. The molecule has 106 valence electrons. The maximum absolute atomic E-state index is 12.4. The van der Waals surface area contributed by atoms with Crippen molar-refractivity contribution in [2.24, 2.45) is 5.73 Å². The van der Waals surface area contributed by atoms with Gasteiger partial charge in [-0.1, -0.05) is 39.0 Å². The lowest BCUT2D eigenvalue weighted by Gasteiger charge is -2.21. The van der Waals surface area contributed by atoms with E-state index in [9.17, 15) is 8.78 Å². The summed E-state index contributed by atoms with van der Waals surface area (Å²) in [6.45, 7) is 6.94. The number of aryl methyl sites for hydroxylation is 1. The topological polar surface area (TPSA) is 26.0 Å². The molecule has 1 rings (SSSR count). The number of benzene rings is 1. The third kappa shape index (κ3) is 5.52. The van der Waals surface area contributed by atoms with Crippen molar-refractivity contribution in [1.29, 1.82) is 0 Å². The molecule has 0 aromatic heterocycles. The quantitative estimate of drug-likeness (QED) is 0.781. The lowest BCUT2D eigenvalue weighted by atomic mass is 9.84. The normalized spacial score (nSPS) is 11.5. The van der Waals surface area contributed by atoms with Crippen molar-refractivity contribution in [3.8, 4) is 0 Å². The van der Waals surface area contributed by atoms with E-state index in [-0.39, 0.29) is 5.41 Å². The fraction of sp³-hybridized carbons (Fsp3) is 0.500. The largest absolute Gasteiger partial charge is 0.330 e. The SMILES string of the molecule is CC(C)(C)c1cc(C=C(F)F)cc(CCCCN)c1. The number of rotatable bonds is 5. The van der Waals surface area contributed by atoms with E-state index < -0.39 is 6.08 Å². The second-order valence-corrected chi connectivity index (χ2v) is 5.89. The summed E-state index contributed by atoms with van der Waals surface area (Å²) in [5.41, 5.74) is 8.21. The van der Waals surface area contributed by atoms with Gasteiger partial charge in [0.2, 0.25) is 0 Å². The molecule has 1 nitrogen and oxygen atoms in total. The van der Waals surface area contributed by atoms with Crippen LogP contribution in [0.2, 0.25) is 0 Å². The first-order chi connectivity index (χ1) is 8.82. The van der Waals surface area contributed by atoms with Crippen molar-refractivity contribution in [1.82, 2.24) is 0 Å². The molecular formula is C16H23F2N. The van der Waals surface area contributed by atoms with Gasteiger partial charge in [-0.15, -0.1) is 0 Å². The predicted molar refractivity (Wildman–Crippen MR) is 77.3 cm³/mol. The van der Waals surface area contributed by atoms with Gasteiger partial charge in [-0.05, 0) is 47.9 Å². The van der Waals surface area contributed by atoms with Crippen molar-refractivity contribution >= 4 is 6.08 Å². The highest BCUT2D eigenvalue weighted by molar-refractivity contribution is 5.53. The Morgan fingerprint density at radius 1 is 1.16 bits per heavy atom. The lowest BCUT2D eigenvalue weighted by Crippen LogP contribution is -2.12. The zero-order valence-electron chi connectivity index (χ0n) is 12.0. The minimum Gasteiger partial charge on any atom is -0.330 e. The first-order valence-corrected chi connectivity index (χ1v) is 6.70. The van der Waals surface area contributed by atoms with Crippen molar-refractivity contribution in [2.75, 3.05) is 6.54 Å². The first-order valence-electron chi connectivity index (χ1n) is 6.70. The summed E-state index contributed by atoms with van der Waals surface area (Å²) in [7, 11) is 0. The highest BCUT2D eigenvalue weighted by Gasteiger charge is 2.15. The fourth-order valence-electron chi connectivity index (χ4n) is 1.98. The summed E-state index contributed by atoms with van der Waals surface area (Å²) >= 11 is 0. The Bertz CT molecular complexity index is 441. The number of hydrogen-bond donors (Lipinski definition) is 1. The van der Waals surface area contributed by atoms with Gasteiger partial charge in [0.15, 0.2) is 0 Å². The average molecular weight is 267 g/mol. The molecule has 0 aliphatic rings. The standard InChI is InChI=1S/C16H23F2N/c1-16(2,3)14-9-12(6-4-5-7-19)8-13(10-14)11-15(17)18/h8-11H,4-7,19H2,1-3H3. The predicted octanol–water partition coefficient (Wildman–Crippen LogP) is 4.50. The van der Waals surface area contributed by atoms with Crippen molar-refractivity contribution < 1.29 is 8.78 Å². The number of unbranched alkanes of at least 4 members (excludes halogenated alkanes) is 1. The molecule has 2 N–H and O–H groups in total. The zero-order valence-corrected chi connectivity index (χ0v) is 12.0. The van der Waals surface area contributed by atoms with Crippen LogP contribution in [0.15, 0.2) is 24.3 Å². The number of halogens is 2. The number of hydrogen-bond acceptors (Lipinski definition) is 1. The number of nitrogens with two attached hydrogens (primary N) is 1. The molecular weight excluding hydrogens is 244 g/mol. The van der Waals surface area contributed by atoms with Crippen molar-refractivity contribution in [2.45, 2.75) is 45.4 Å². The summed E-state index contributed by atoms with van der Waals surface area (Å²) in [4.78, 5) is 0. The summed E-state index contributed by atoms with van der Waals surface area (Å²) in [6.07, 6.45) is 2.12. The molecule has 1 aromatic carbocycles. The Hall–Kier alpha value is -1.22. The van der Waals surface area contributed by atoms with Crippen LogP contribution in [0.4, 0.5) is 8.78 Å². The van der Waals surface area contributed by atoms with Crippen LogP contribution in [0, 0.1) is 0 Å². The zero-order chi connectivity index (χ0) is 14.5. The monoisotopic (exact) mass is 267 g/mol. The second-order valence-electron chi connectivity index (χ2n) is 5.89. The molecule has 0 atom stereocenters. The highest BCUT2D eigenvalue weighted by atomic mass is 19.3. The molecule has 0 saturated heterocycles. The van der Waals surface area contributed by atoms with Crippen LogP contribution in [-0.2, 0) is 11.8 Å². The van der Waals surface area contributed by atoms with Crippen LogP contribution < -0.4 is 5.73 Å². The molecule has 19 heavy (non-hydrogen) atoms. The smallest absolute Gasteiger partial charge is 0.270 e. The van der Waals surface area contributed by atoms with E-state index in [4.69, 9.17) is 5.73 Å². The Labute approximate surface area is 114 Å². The lowest BCUT2D eigenvalue weighted by molar-refractivity contribution is 0.429. The molecule has 0 saturated carbocycles. The second kappa shape index (κ2) is 6.80. The minimum absolute atomic E-state index is 0.0424. The molecule has 0 radical (unpaired) electrons. The van der Waals surface area contributed by atoms with Gasteiger partial charge >= 0.3 is 0 Å². The Morgan fingerprint density at radius 2 is 1.84 bits per heavy atom. The molecule has 0 aliphatic heterocycles. The summed E-state index contributed by atoms with van der Waals surface area (Å²) < 4.78 is 24.9. The Morgan fingerprint density at radius 3 is 2.37 bits per heavy atom. The summed E-state index contributed by atoms with van der Waals surface area (Å²) in [5.74, 6) is 0. The Kier molecular flexibility index (Phi) is 5.67. The molecule has 0 spiro atoms. The maximum atomic E-state index is 12.4. The van der Waals surface area contributed by atoms with E-state index in [2.05, 4.69) is 26.8 Å². The molecule has 0 fully saturated rings. The molecule has 3 heteroatoms. The maximum Gasteiger partial charge on any atom is 0.270 e. The third-order valence-electron chi connectivity index (χ3n) is 3.08. The van der Waals surface area contributed by atoms with Gasteiger partial charge in [0, 0.05) is 6.08 Å². The molecule has 0 aliphatic carbocycles. The van der Waals surface area contributed by atoms with E-state index in [1.807, 2.05) is 12.1 Å². The van der Waals surface area contributed by atoms with Gasteiger partial charge < -0.3 is 5.73 Å². The average Bonchev–Trinajstić information content (AvgIpc) is 2.27. The molecule has 0 amide bonds. The van der Waals surface area contributed by atoms with Gasteiger partial charge in [-0.25, -0.2) is 0 Å². The highest BCUT2D eigenvalue weighted by Crippen LogP contribution is 2.26. The van der Waals surface area contributed by atoms with Gasteiger partial charge in [-0.2, -0.15) is 8.78 Å². The first kappa shape index (κ1) is 15.8. The van der Waals surface area contributed by atoms with E-state index in [0.29, 0.717) is 12.1 Å². The molecule has 0 heterocycles. The van der Waals surface area contributed by atoms with Gasteiger partial charge in [0.05, 0.1) is 0 Å². The van der Waals surface area contributed by atoms with Gasteiger partial charge in [0.25, 0.3) is 6.08 Å². The third-order valence-corrected chi connectivity index (χ3v) is 3.08. The van der Waals surface area contributed by atoms with E-state index in [0.717, 1.165) is 36.5 Å². The van der Waals surface area contributed by atoms with Crippen LogP contribution in [-0.4, -0.2) is 6.54 Å². The molecule has 0 unspecified atom stereocenters. The molecule has 1 aromatic rings. The van der Waals surface area contributed by atoms with Crippen molar-refractivity contribution in [3.63, 3.8) is 0 Å². The van der Waals surface area contributed by atoms with E-state index in [1.54, 1.807) is 0 Å². The van der Waals surface area contributed by atoms with Crippen LogP contribution in [0.3, 0.4) is 0 Å². The van der Waals surface area contributed by atoms with E-state index in [1.165, 1.54) is 0 Å². The Balaban J connectivity index is 3.06. The molecule has 0 bridgehead atoms. The van der Waals surface area contributed by atoms with Crippen LogP contribution >= 0.6 is 0 Å². The van der Waals surface area contributed by atoms with Crippen LogP contribution in [0.25, 0.3) is 6.08 Å². The van der Waals surface area contributed by atoms with Crippen LogP contribution in [0.1, 0.15) is 50.3 Å². The van der Waals surface area contributed by atoms with E-state index >= 15 is 0 Å². The minimum atomic E-state index is -1.65. The summed E-state index contributed by atoms with van der Waals surface area (Å²) in [5, 5.41) is 0. The van der Waals surface area contributed by atoms with Gasteiger partial charge in [-0.3, -0.25) is 0 Å². The summed E-state index contributed by atoms with van der Waals surface area (Å²) in [6, 6.07) is 5.79. The van der Waals surface area contributed by atoms with Crippen molar-refractivity contribution in [3.05, 3.63) is 41.0 Å².